The van der Waals surface area contributed by atoms with Crippen LogP contribution in [0.5, 0.6) is 5.88 Å². The summed E-state index contributed by atoms with van der Waals surface area (Å²) in [4.78, 5) is 31.0. The van der Waals surface area contributed by atoms with Gasteiger partial charge in [-0.1, -0.05) is 30.1 Å². The second-order valence-corrected chi connectivity index (χ2v) is 8.95. The van der Waals surface area contributed by atoms with Crippen LogP contribution in [0.4, 0.5) is 11.6 Å². The van der Waals surface area contributed by atoms with Gasteiger partial charge in [-0.25, -0.2) is 15.0 Å². The van der Waals surface area contributed by atoms with Crippen molar-refractivity contribution < 1.29 is 14.7 Å². The fourth-order valence-electron chi connectivity index (χ4n) is 4.45. The van der Waals surface area contributed by atoms with Crippen LogP contribution in [0.15, 0.2) is 48.9 Å². The number of nitrogens with zero attached hydrogens (tertiary/aromatic N) is 5. The van der Waals surface area contributed by atoms with E-state index in [1.165, 1.54) is 0 Å². The highest BCUT2D eigenvalue weighted by molar-refractivity contribution is 5.99. The average molecular weight is 476 g/mol. The molecule has 3 N–H and O–H groups in total. The maximum Gasteiger partial charge on any atom is 0.239 e. The van der Waals surface area contributed by atoms with Crippen LogP contribution in [0.1, 0.15) is 51.1 Å². The first-order valence-electron chi connectivity index (χ1n) is 12.0. The van der Waals surface area contributed by atoms with E-state index in [0.717, 1.165) is 36.4 Å². The molecule has 0 radical (unpaired) electrons. The second-order valence-electron chi connectivity index (χ2n) is 8.95. The van der Waals surface area contributed by atoms with Gasteiger partial charge >= 0.3 is 0 Å². The minimum atomic E-state index is -0.741. The molecule has 10 heteroatoms. The van der Waals surface area contributed by atoms with Crippen LogP contribution in [0.25, 0.3) is 11.3 Å². The largest absolute Gasteiger partial charge is 0.477 e. The third kappa shape index (κ3) is 5.08. The van der Waals surface area contributed by atoms with Crippen molar-refractivity contribution in [2.45, 2.75) is 56.9 Å². The van der Waals surface area contributed by atoms with Gasteiger partial charge in [0, 0.05) is 17.4 Å². The van der Waals surface area contributed by atoms with Crippen LogP contribution in [0.3, 0.4) is 0 Å². The molecule has 0 spiro atoms. The molecule has 0 aliphatic heterocycles. The van der Waals surface area contributed by atoms with Gasteiger partial charge < -0.3 is 10.1 Å². The number of aromatic nitrogens is 4. The summed E-state index contributed by atoms with van der Waals surface area (Å²) in [7, 11) is 0. The van der Waals surface area contributed by atoms with Crippen LogP contribution in [0.2, 0.25) is 0 Å². The third-order valence-electron chi connectivity index (χ3n) is 6.49. The summed E-state index contributed by atoms with van der Waals surface area (Å²) in [6, 6.07) is 9.39. The summed E-state index contributed by atoms with van der Waals surface area (Å²) in [5, 5.41) is 14.2. The Kier molecular flexibility index (Phi) is 6.56. The Morgan fingerprint density at radius 2 is 1.91 bits per heavy atom. The lowest BCUT2D eigenvalue weighted by atomic mass is 9.81. The molecule has 2 fully saturated rings. The number of rotatable bonds is 9. The number of hydrazine groups is 1. The first kappa shape index (κ1) is 23.1. The summed E-state index contributed by atoms with van der Waals surface area (Å²) >= 11 is 0. The summed E-state index contributed by atoms with van der Waals surface area (Å²) in [6.45, 7) is 2.42. The molecular weight excluding hydrogens is 446 g/mol. The molecule has 2 saturated carbocycles. The first-order valence-corrected chi connectivity index (χ1v) is 12.0. The van der Waals surface area contributed by atoms with E-state index in [-0.39, 0.29) is 17.9 Å². The quantitative estimate of drug-likeness (QED) is 0.394. The second kappa shape index (κ2) is 9.93. The lowest BCUT2D eigenvalue weighted by Crippen LogP contribution is -2.39. The van der Waals surface area contributed by atoms with Gasteiger partial charge in [0.1, 0.15) is 0 Å². The molecule has 3 aromatic rings. The Morgan fingerprint density at radius 1 is 1.14 bits per heavy atom. The molecule has 0 atom stereocenters. The minimum Gasteiger partial charge on any atom is -0.477 e. The van der Waals surface area contributed by atoms with Gasteiger partial charge in [-0.3, -0.25) is 20.4 Å². The van der Waals surface area contributed by atoms with Crippen LogP contribution < -0.4 is 15.5 Å². The van der Waals surface area contributed by atoms with Gasteiger partial charge in [0.25, 0.3) is 0 Å². The van der Waals surface area contributed by atoms with Gasteiger partial charge in [0.05, 0.1) is 41.8 Å². The molecule has 10 nitrogen and oxygen atoms in total. The molecule has 0 unspecified atom stereocenters. The van der Waals surface area contributed by atoms with E-state index in [9.17, 15) is 10.0 Å². The van der Waals surface area contributed by atoms with E-state index in [1.807, 2.05) is 31.2 Å². The SMILES string of the molecule is CCOc1cncc(-c2ccc(NC(=O)C3(c4ccnc(NN(O)C5CC5)n4)CCCC3)cc2)n1. The highest BCUT2D eigenvalue weighted by Crippen LogP contribution is 2.41. The Labute approximate surface area is 203 Å². The van der Waals surface area contributed by atoms with Crippen molar-refractivity contribution in [1.82, 2.24) is 25.1 Å². The fraction of sp³-hybridized carbons (Fsp3) is 0.400. The topological polar surface area (TPSA) is 125 Å². The molecule has 2 aliphatic carbocycles. The molecule has 1 aromatic carbocycles. The van der Waals surface area contributed by atoms with Crippen molar-refractivity contribution in [3.8, 4) is 17.1 Å². The first-order chi connectivity index (χ1) is 17.1. The molecule has 2 heterocycles. The molecule has 5 rings (SSSR count). The number of benzene rings is 1. The van der Waals surface area contributed by atoms with Crippen molar-refractivity contribution in [3.63, 3.8) is 0 Å². The number of hydrogen-bond acceptors (Lipinski definition) is 9. The zero-order valence-electron chi connectivity index (χ0n) is 19.6. The van der Waals surface area contributed by atoms with Gasteiger partial charge in [0.15, 0.2) is 0 Å². The molecule has 2 aliphatic rings. The molecule has 182 valence electrons. The van der Waals surface area contributed by atoms with Gasteiger partial charge in [-0.05, 0) is 50.8 Å². The number of anilines is 2. The highest BCUT2D eigenvalue weighted by Gasteiger charge is 2.44. The molecule has 1 amide bonds. The minimum absolute atomic E-state index is 0.0848. The van der Waals surface area contributed by atoms with E-state index in [2.05, 4.69) is 30.7 Å². The summed E-state index contributed by atoms with van der Waals surface area (Å²) < 4.78 is 5.44. The smallest absolute Gasteiger partial charge is 0.239 e. The normalized spacial score (nSPS) is 16.8. The number of nitrogens with one attached hydrogen (secondary N) is 2. The van der Waals surface area contributed by atoms with Crippen molar-refractivity contribution >= 4 is 17.5 Å². The van der Waals surface area contributed by atoms with Crippen LogP contribution in [0, 0.1) is 0 Å². The Bertz CT molecular complexity index is 1180. The number of carbonyl (C=O) groups excluding carboxylic acids is 1. The number of ether oxygens (including phenoxy) is 1. The third-order valence-corrected chi connectivity index (χ3v) is 6.49. The Balaban J connectivity index is 1.32. The molecule has 0 saturated heterocycles. The fourth-order valence-corrected chi connectivity index (χ4v) is 4.45. The summed E-state index contributed by atoms with van der Waals surface area (Å²) in [6.07, 6.45) is 10.1. The van der Waals surface area contributed by atoms with E-state index in [4.69, 9.17) is 4.74 Å². The monoisotopic (exact) mass is 475 g/mol. The van der Waals surface area contributed by atoms with Crippen molar-refractivity contribution in [2.24, 2.45) is 0 Å². The zero-order valence-corrected chi connectivity index (χ0v) is 19.6. The lowest BCUT2D eigenvalue weighted by Gasteiger charge is -2.27. The number of hydrogen-bond donors (Lipinski definition) is 3. The van der Waals surface area contributed by atoms with Gasteiger partial charge in [-0.2, -0.15) is 0 Å². The number of carbonyl (C=O) groups is 1. The van der Waals surface area contributed by atoms with Gasteiger partial charge in [0.2, 0.25) is 17.7 Å². The molecule has 35 heavy (non-hydrogen) atoms. The molecule has 0 bridgehead atoms. The van der Waals surface area contributed by atoms with Crippen LogP contribution in [-0.4, -0.2) is 48.9 Å². The predicted octanol–water partition coefficient (Wildman–Crippen LogP) is 3.96. The molecule has 2 aromatic heterocycles. The number of amides is 1. The van der Waals surface area contributed by atoms with Crippen LogP contribution in [-0.2, 0) is 10.2 Å². The summed E-state index contributed by atoms with van der Waals surface area (Å²) in [5.41, 5.74) is 5.02. The lowest BCUT2D eigenvalue weighted by molar-refractivity contribution is -0.121. The standard InChI is InChI=1S/C25H29N7O3/c1-2-35-22-16-26-15-20(29-22)17-5-7-18(8-6-17)28-23(33)25(12-3-4-13-25)21-11-14-27-24(30-21)31-32(34)19-9-10-19/h5-8,11,14-16,19,34H,2-4,9-10,12-13H2,1H3,(H,28,33)(H,27,30,31). The van der Waals surface area contributed by atoms with Crippen molar-refractivity contribution in [3.05, 3.63) is 54.6 Å². The molecular formula is C25H29N7O3. The maximum atomic E-state index is 13.6. The van der Waals surface area contributed by atoms with E-state index >= 15 is 0 Å². The van der Waals surface area contributed by atoms with Crippen molar-refractivity contribution in [1.29, 1.82) is 0 Å². The predicted molar refractivity (Wildman–Crippen MR) is 130 cm³/mol. The highest BCUT2D eigenvalue weighted by atomic mass is 16.5. The maximum absolute atomic E-state index is 13.6. The van der Waals surface area contributed by atoms with E-state index < -0.39 is 5.41 Å². The van der Waals surface area contributed by atoms with E-state index in [1.54, 1.807) is 24.7 Å². The Morgan fingerprint density at radius 3 is 2.63 bits per heavy atom. The summed E-state index contributed by atoms with van der Waals surface area (Å²) in [5.74, 6) is 0.676. The van der Waals surface area contributed by atoms with E-state index in [0.29, 0.717) is 42.4 Å². The van der Waals surface area contributed by atoms with Crippen molar-refractivity contribution in [2.75, 3.05) is 17.3 Å². The van der Waals surface area contributed by atoms with Gasteiger partial charge in [-0.15, -0.1) is 0 Å². The number of hydroxylamine groups is 1. The average Bonchev–Trinajstić information content (AvgIpc) is 3.61. The zero-order chi connectivity index (χ0) is 24.3. The van der Waals surface area contributed by atoms with Crippen LogP contribution >= 0.6 is 0 Å². The Hall–Kier alpha value is -3.63.